The Morgan fingerprint density at radius 1 is 1.42 bits per heavy atom. The fourth-order valence-corrected chi connectivity index (χ4v) is 3.02. The predicted molar refractivity (Wildman–Crippen MR) is 95.1 cm³/mol. The zero-order chi connectivity index (χ0) is 16.8. The van der Waals surface area contributed by atoms with E-state index in [0.29, 0.717) is 19.8 Å². The average Bonchev–Trinajstić information content (AvgIpc) is 2.63. The van der Waals surface area contributed by atoms with Crippen LogP contribution in [-0.4, -0.2) is 62.4 Å². The number of aromatic nitrogens is 1. The van der Waals surface area contributed by atoms with Crippen LogP contribution in [0.3, 0.4) is 0 Å². The Bertz CT molecular complexity index is 697. The number of rotatable bonds is 4. The summed E-state index contributed by atoms with van der Waals surface area (Å²) in [6.45, 7) is 3.51. The number of nitrogens with zero attached hydrogens (tertiary/aromatic N) is 3. The van der Waals surface area contributed by atoms with E-state index in [1.165, 1.54) is 10.8 Å². The first-order valence-corrected chi connectivity index (χ1v) is 8.20. The highest BCUT2D eigenvalue weighted by atomic mass is 16.5. The second-order valence-electron chi connectivity index (χ2n) is 5.77. The van der Waals surface area contributed by atoms with Crippen molar-refractivity contribution in [2.24, 2.45) is 4.99 Å². The SMILES string of the molecule is CN=C(NCc1nccc2ccccc12)N1CCOC(COC)C1. The third-order valence-corrected chi connectivity index (χ3v) is 4.17. The quantitative estimate of drug-likeness (QED) is 0.683. The van der Waals surface area contributed by atoms with Crippen molar-refractivity contribution in [2.45, 2.75) is 12.6 Å². The topological polar surface area (TPSA) is 59.0 Å². The molecule has 1 saturated heterocycles. The van der Waals surface area contributed by atoms with Gasteiger partial charge in [0, 0.05) is 38.8 Å². The molecule has 0 amide bonds. The van der Waals surface area contributed by atoms with Gasteiger partial charge < -0.3 is 19.7 Å². The van der Waals surface area contributed by atoms with Crippen LogP contribution in [0.4, 0.5) is 0 Å². The van der Waals surface area contributed by atoms with Crippen LogP contribution in [-0.2, 0) is 16.0 Å². The molecule has 0 spiro atoms. The zero-order valence-corrected chi connectivity index (χ0v) is 14.2. The lowest BCUT2D eigenvalue weighted by atomic mass is 10.1. The van der Waals surface area contributed by atoms with Gasteiger partial charge in [-0.15, -0.1) is 0 Å². The largest absolute Gasteiger partial charge is 0.382 e. The number of hydrogen-bond acceptors (Lipinski definition) is 4. The Labute approximate surface area is 142 Å². The van der Waals surface area contributed by atoms with Gasteiger partial charge in [0.2, 0.25) is 0 Å². The van der Waals surface area contributed by atoms with Crippen molar-refractivity contribution in [3.63, 3.8) is 0 Å². The van der Waals surface area contributed by atoms with Crippen LogP contribution >= 0.6 is 0 Å². The molecule has 1 aliphatic rings. The van der Waals surface area contributed by atoms with Gasteiger partial charge in [0.05, 0.1) is 31.6 Å². The molecule has 2 aromatic rings. The van der Waals surface area contributed by atoms with Crippen LogP contribution in [0.2, 0.25) is 0 Å². The molecule has 0 radical (unpaired) electrons. The molecule has 1 unspecified atom stereocenters. The molecule has 0 bridgehead atoms. The second-order valence-corrected chi connectivity index (χ2v) is 5.77. The van der Waals surface area contributed by atoms with Crippen LogP contribution in [0.1, 0.15) is 5.69 Å². The molecule has 0 saturated carbocycles. The molecule has 24 heavy (non-hydrogen) atoms. The summed E-state index contributed by atoms with van der Waals surface area (Å²) in [5.74, 6) is 0.870. The minimum Gasteiger partial charge on any atom is -0.382 e. The minimum absolute atomic E-state index is 0.0815. The minimum atomic E-state index is 0.0815. The van der Waals surface area contributed by atoms with Crippen LogP contribution in [0.5, 0.6) is 0 Å². The van der Waals surface area contributed by atoms with Crippen LogP contribution in [0, 0.1) is 0 Å². The Kier molecular flexibility index (Phi) is 5.61. The van der Waals surface area contributed by atoms with Gasteiger partial charge in [0.1, 0.15) is 0 Å². The average molecular weight is 328 g/mol. The summed E-state index contributed by atoms with van der Waals surface area (Å²) in [6, 6.07) is 10.3. The van der Waals surface area contributed by atoms with Crippen LogP contribution in [0.15, 0.2) is 41.5 Å². The Morgan fingerprint density at radius 2 is 2.29 bits per heavy atom. The molecule has 1 N–H and O–H groups in total. The molecule has 6 nitrogen and oxygen atoms in total. The highest BCUT2D eigenvalue weighted by molar-refractivity contribution is 5.85. The molecule has 1 aliphatic heterocycles. The lowest BCUT2D eigenvalue weighted by Gasteiger charge is -2.34. The van der Waals surface area contributed by atoms with Gasteiger partial charge in [0.25, 0.3) is 0 Å². The highest BCUT2D eigenvalue weighted by Gasteiger charge is 2.22. The zero-order valence-electron chi connectivity index (χ0n) is 14.2. The normalized spacial score (nSPS) is 18.8. The number of aliphatic imine (C=N–C) groups is 1. The van der Waals surface area contributed by atoms with Crippen molar-refractivity contribution < 1.29 is 9.47 Å². The summed E-state index contributed by atoms with van der Waals surface area (Å²) in [5, 5.41) is 5.80. The van der Waals surface area contributed by atoms with Gasteiger partial charge in [-0.3, -0.25) is 9.98 Å². The summed E-state index contributed by atoms with van der Waals surface area (Å²) < 4.78 is 10.9. The van der Waals surface area contributed by atoms with E-state index in [0.717, 1.165) is 24.7 Å². The van der Waals surface area contributed by atoms with Crippen LogP contribution < -0.4 is 5.32 Å². The Morgan fingerprint density at radius 3 is 3.12 bits per heavy atom. The number of morpholine rings is 1. The maximum Gasteiger partial charge on any atom is 0.194 e. The Balaban J connectivity index is 1.67. The molecule has 1 aromatic carbocycles. The van der Waals surface area contributed by atoms with Gasteiger partial charge in [-0.25, -0.2) is 0 Å². The predicted octanol–water partition coefficient (Wildman–Crippen LogP) is 1.66. The van der Waals surface area contributed by atoms with Crippen LogP contribution in [0.25, 0.3) is 10.8 Å². The van der Waals surface area contributed by atoms with Gasteiger partial charge in [-0.1, -0.05) is 24.3 Å². The summed E-state index contributed by atoms with van der Waals surface area (Å²) >= 11 is 0. The van der Waals surface area contributed by atoms with Crippen molar-refractivity contribution in [1.82, 2.24) is 15.2 Å². The maximum absolute atomic E-state index is 5.70. The summed E-state index contributed by atoms with van der Waals surface area (Å²) in [5.41, 5.74) is 1.02. The highest BCUT2D eigenvalue weighted by Crippen LogP contribution is 2.16. The van der Waals surface area contributed by atoms with Crippen molar-refractivity contribution in [2.75, 3.05) is 40.5 Å². The lowest BCUT2D eigenvalue weighted by Crippen LogP contribution is -2.51. The van der Waals surface area contributed by atoms with Crippen molar-refractivity contribution in [1.29, 1.82) is 0 Å². The number of pyridine rings is 1. The standard InChI is InChI=1S/C18H24N4O2/c1-19-18(22-9-10-24-15(12-22)13-23-2)21-11-17-16-6-4-3-5-14(16)7-8-20-17/h3-8,15H,9-13H2,1-2H3,(H,19,21). The Hall–Kier alpha value is -2.18. The van der Waals surface area contributed by atoms with Gasteiger partial charge in [0.15, 0.2) is 5.96 Å². The van der Waals surface area contributed by atoms with Gasteiger partial charge in [-0.2, -0.15) is 0 Å². The number of guanidine groups is 1. The molecule has 6 heteroatoms. The third kappa shape index (κ3) is 3.83. The smallest absolute Gasteiger partial charge is 0.194 e. The van der Waals surface area contributed by atoms with E-state index in [-0.39, 0.29) is 6.10 Å². The fourth-order valence-electron chi connectivity index (χ4n) is 3.02. The maximum atomic E-state index is 5.70. The van der Waals surface area contributed by atoms with Gasteiger partial charge >= 0.3 is 0 Å². The van der Waals surface area contributed by atoms with Gasteiger partial charge in [-0.05, 0) is 11.5 Å². The van der Waals surface area contributed by atoms with E-state index in [1.807, 2.05) is 24.4 Å². The summed E-state index contributed by atoms with van der Waals surface area (Å²) in [6.07, 6.45) is 1.93. The molecule has 3 rings (SSSR count). The fraction of sp³-hybridized carbons (Fsp3) is 0.444. The number of ether oxygens (including phenoxy) is 2. The monoisotopic (exact) mass is 328 g/mol. The first-order chi connectivity index (χ1) is 11.8. The van der Waals surface area contributed by atoms with Crippen molar-refractivity contribution >= 4 is 16.7 Å². The molecule has 1 fully saturated rings. The molecular weight excluding hydrogens is 304 g/mol. The van der Waals surface area contributed by atoms with E-state index in [9.17, 15) is 0 Å². The number of hydrogen-bond donors (Lipinski definition) is 1. The van der Waals surface area contributed by atoms with Crippen molar-refractivity contribution in [3.05, 3.63) is 42.2 Å². The van der Waals surface area contributed by atoms with E-state index < -0.39 is 0 Å². The number of benzene rings is 1. The first-order valence-electron chi connectivity index (χ1n) is 8.20. The summed E-state index contributed by atoms with van der Waals surface area (Å²) in [4.78, 5) is 11.1. The summed E-state index contributed by atoms with van der Waals surface area (Å²) in [7, 11) is 3.50. The molecule has 1 aromatic heterocycles. The van der Waals surface area contributed by atoms with E-state index in [2.05, 4.69) is 32.3 Å². The molecule has 128 valence electrons. The molecule has 0 aliphatic carbocycles. The van der Waals surface area contributed by atoms with Crippen molar-refractivity contribution in [3.8, 4) is 0 Å². The lowest BCUT2D eigenvalue weighted by molar-refractivity contribution is -0.0447. The number of fused-ring (bicyclic) bond motifs is 1. The molecule has 2 heterocycles. The second kappa shape index (κ2) is 8.08. The van der Waals surface area contributed by atoms with E-state index >= 15 is 0 Å². The van der Waals surface area contributed by atoms with E-state index in [4.69, 9.17) is 9.47 Å². The number of methoxy groups -OCH3 is 1. The van der Waals surface area contributed by atoms with E-state index in [1.54, 1.807) is 14.2 Å². The molecule has 1 atom stereocenters. The molecular formula is C18H24N4O2. The first kappa shape index (κ1) is 16.7. The third-order valence-electron chi connectivity index (χ3n) is 4.17. The number of nitrogens with one attached hydrogen (secondary N) is 1.